The van der Waals surface area contributed by atoms with Crippen LogP contribution >= 0.6 is 15.9 Å². The van der Waals surface area contributed by atoms with Gasteiger partial charge in [-0.15, -0.1) is 0 Å². The highest BCUT2D eigenvalue weighted by Gasteiger charge is 2.05. The Bertz CT molecular complexity index is 555. The molecule has 3 N–H and O–H groups in total. The van der Waals surface area contributed by atoms with E-state index in [0.29, 0.717) is 5.95 Å². The molecule has 18 heavy (non-hydrogen) atoms. The van der Waals surface area contributed by atoms with E-state index in [1.165, 1.54) is 7.11 Å². The molecule has 0 saturated heterocycles. The topological polar surface area (TPSA) is 86.0 Å². The van der Waals surface area contributed by atoms with Crippen LogP contribution in [0.2, 0.25) is 0 Å². The van der Waals surface area contributed by atoms with Gasteiger partial charge in [-0.2, -0.15) is 15.0 Å². The van der Waals surface area contributed by atoms with Gasteiger partial charge in [0.25, 0.3) is 0 Å². The number of anilines is 3. The molecule has 2 rings (SSSR count). The molecule has 94 valence electrons. The normalized spacial score (nSPS) is 10.2. The number of benzene rings is 1. The molecule has 0 saturated carbocycles. The van der Waals surface area contributed by atoms with Crippen LogP contribution in [0.5, 0.6) is 6.01 Å². The number of rotatable bonds is 3. The van der Waals surface area contributed by atoms with E-state index in [-0.39, 0.29) is 12.0 Å². The Morgan fingerprint density at radius 2 is 2.00 bits per heavy atom. The van der Waals surface area contributed by atoms with Gasteiger partial charge in [0.2, 0.25) is 11.9 Å². The quantitative estimate of drug-likeness (QED) is 0.904. The Morgan fingerprint density at radius 1 is 1.22 bits per heavy atom. The molecule has 0 unspecified atom stereocenters. The minimum Gasteiger partial charge on any atom is -0.467 e. The fourth-order valence-electron chi connectivity index (χ4n) is 1.46. The van der Waals surface area contributed by atoms with Crippen LogP contribution < -0.4 is 15.8 Å². The van der Waals surface area contributed by atoms with E-state index in [0.717, 1.165) is 15.7 Å². The molecule has 0 spiro atoms. The minimum absolute atomic E-state index is 0.107. The second-order valence-electron chi connectivity index (χ2n) is 3.65. The molecule has 0 bridgehead atoms. The zero-order valence-electron chi connectivity index (χ0n) is 9.94. The van der Waals surface area contributed by atoms with Crippen molar-refractivity contribution in [3.05, 3.63) is 28.2 Å². The Morgan fingerprint density at radius 3 is 2.67 bits per heavy atom. The molecule has 0 aliphatic heterocycles. The second-order valence-corrected chi connectivity index (χ2v) is 4.56. The van der Waals surface area contributed by atoms with Gasteiger partial charge in [-0.25, -0.2) is 0 Å². The first kappa shape index (κ1) is 12.6. The average molecular weight is 310 g/mol. The molecule has 1 aromatic carbocycles. The van der Waals surface area contributed by atoms with Crippen LogP contribution in [-0.4, -0.2) is 22.1 Å². The fourth-order valence-corrected chi connectivity index (χ4v) is 2.06. The molecule has 0 fully saturated rings. The third-order valence-electron chi connectivity index (χ3n) is 2.11. The van der Waals surface area contributed by atoms with Crippen molar-refractivity contribution in [1.29, 1.82) is 0 Å². The van der Waals surface area contributed by atoms with Crippen LogP contribution in [-0.2, 0) is 0 Å². The number of nitrogens with one attached hydrogen (secondary N) is 1. The number of nitrogens with zero attached hydrogens (tertiary/aromatic N) is 3. The SMILES string of the molecule is COc1nc(N)nc(Nc2cc(C)cc(Br)c2)n1. The number of hydrogen-bond acceptors (Lipinski definition) is 6. The molecule has 0 aliphatic carbocycles. The summed E-state index contributed by atoms with van der Waals surface area (Å²) in [5.41, 5.74) is 7.52. The molecule has 7 heteroatoms. The predicted molar refractivity (Wildman–Crippen MR) is 73.0 cm³/mol. The first-order valence-electron chi connectivity index (χ1n) is 5.16. The molecule has 1 heterocycles. The fraction of sp³-hybridized carbons (Fsp3) is 0.182. The molecule has 2 aromatic rings. The first-order chi connectivity index (χ1) is 8.56. The molecule has 0 radical (unpaired) electrons. The number of nitrogens with two attached hydrogens (primary N) is 1. The summed E-state index contributed by atoms with van der Waals surface area (Å²) >= 11 is 3.43. The van der Waals surface area contributed by atoms with Gasteiger partial charge in [-0.05, 0) is 30.7 Å². The lowest BCUT2D eigenvalue weighted by Crippen LogP contribution is -2.05. The smallest absolute Gasteiger partial charge is 0.322 e. The number of methoxy groups -OCH3 is 1. The van der Waals surface area contributed by atoms with Crippen molar-refractivity contribution in [2.45, 2.75) is 6.92 Å². The van der Waals surface area contributed by atoms with Crippen molar-refractivity contribution < 1.29 is 4.74 Å². The van der Waals surface area contributed by atoms with E-state index in [9.17, 15) is 0 Å². The van der Waals surface area contributed by atoms with E-state index in [2.05, 4.69) is 36.2 Å². The van der Waals surface area contributed by atoms with Crippen LogP contribution in [0.15, 0.2) is 22.7 Å². The molecule has 0 amide bonds. The Labute approximate surface area is 113 Å². The third kappa shape index (κ3) is 3.07. The number of aromatic nitrogens is 3. The first-order valence-corrected chi connectivity index (χ1v) is 5.96. The summed E-state index contributed by atoms with van der Waals surface area (Å²) in [7, 11) is 1.47. The van der Waals surface area contributed by atoms with E-state index in [4.69, 9.17) is 10.5 Å². The summed E-state index contributed by atoms with van der Waals surface area (Å²) in [4.78, 5) is 11.9. The summed E-state index contributed by atoms with van der Waals surface area (Å²) in [5, 5.41) is 3.05. The zero-order valence-corrected chi connectivity index (χ0v) is 11.5. The van der Waals surface area contributed by atoms with E-state index in [1.807, 2.05) is 25.1 Å². The van der Waals surface area contributed by atoms with Gasteiger partial charge in [-0.1, -0.05) is 15.9 Å². The Balaban J connectivity index is 2.30. The average Bonchev–Trinajstić information content (AvgIpc) is 2.26. The highest BCUT2D eigenvalue weighted by atomic mass is 79.9. The van der Waals surface area contributed by atoms with Crippen LogP contribution in [0.4, 0.5) is 17.6 Å². The maximum absolute atomic E-state index is 5.56. The maximum atomic E-state index is 5.56. The van der Waals surface area contributed by atoms with Crippen LogP contribution in [0, 0.1) is 6.92 Å². The molecule has 0 aliphatic rings. The summed E-state index contributed by atoms with van der Waals surface area (Å²) in [6, 6.07) is 6.07. The van der Waals surface area contributed by atoms with Gasteiger partial charge in [-0.3, -0.25) is 0 Å². The number of ether oxygens (including phenoxy) is 1. The van der Waals surface area contributed by atoms with Crippen LogP contribution in [0.1, 0.15) is 5.56 Å². The summed E-state index contributed by atoms with van der Waals surface area (Å²) < 4.78 is 5.90. The summed E-state index contributed by atoms with van der Waals surface area (Å²) in [6.45, 7) is 2.00. The number of halogens is 1. The monoisotopic (exact) mass is 309 g/mol. The standard InChI is InChI=1S/C11H12BrN5O/c1-6-3-7(12)5-8(4-6)14-10-15-9(13)16-11(17-10)18-2/h3-5H,1-2H3,(H3,13,14,15,16,17). The molecule has 1 aromatic heterocycles. The molecule has 0 atom stereocenters. The van der Waals surface area contributed by atoms with Gasteiger partial charge in [0.05, 0.1) is 7.11 Å². The van der Waals surface area contributed by atoms with Gasteiger partial charge in [0.15, 0.2) is 0 Å². The Kier molecular flexibility index (Phi) is 3.61. The van der Waals surface area contributed by atoms with Gasteiger partial charge in [0, 0.05) is 10.2 Å². The maximum Gasteiger partial charge on any atom is 0.322 e. The third-order valence-corrected chi connectivity index (χ3v) is 2.57. The lowest BCUT2D eigenvalue weighted by Gasteiger charge is -2.07. The predicted octanol–water partition coefficient (Wildman–Crippen LogP) is 2.28. The van der Waals surface area contributed by atoms with Gasteiger partial charge < -0.3 is 15.8 Å². The lowest BCUT2D eigenvalue weighted by atomic mass is 10.2. The number of aryl methyl sites for hydroxylation is 1. The highest BCUT2D eigenvalue weighted by Crippen LogP contribution is 2.22. The summed E-state index contributed by atoms with van der Waals surface area (Å²) in [6.07, 6.45) is 0. The van der Waals surface area contributed by atoms with Crippen molar-refractivity contribution in [2.75, 3.05) is 18.2 Å². The van der Waals surface area contributed by atoms with Crippen molar-refractivity contribution in [3.63, 3.8) is 0 Å². The van der Waals surface area contributed by atoms with Gasteiger partial charge >= 0.3 is 6.01 Å². The Hall–Kier alpha value is -1.89. The van der Waals surface area contributed by atoms with E-state index >= 15 is 0 Å². The number of hydrogen-bond donors (Lipinski definition) is 2. The second kappa shape index (κ2) is 5.18. The van der Waals surface area contributed by atoms with Crippen molar-refractivity contribution in [2.24, 2.45) is 0 Å². The lowest BCUT2D eigenvalue weighted by molar-refractivity contribution is 0.380. The van der Waals surface area contributed by atoms with Crippen LogP contribution in [0.25, 0.3) is 0 Å². The van der Waals surface area contributed by atoms with Crippen molar-refractivity contribution >= 4 is 33.5 Å². The van der Waals surface area contributed by atoms with Crippen LogP contribution in [0.3, 0.4) is 0 Å². The van der Waals surface area contributed by atoms with Crippen molar-refractivity contribution in [1.82, 2.24) is 15.0 Å². The summed E-state index contributed by atoms with van der Waals surface area (Å²) in [5.74, 6) is 0.452. The highest BCUT2D eigenvalue weighted by molar-refractivity contribution is 9.10. The number of nitrogen functional groups attached to an aromatic ring is 1. The molecular formula is C11H12BrN5O. The van der Waals surface area contributed by atoms with E-state index in [1.54, 1.807) is 0 Å². The largest absolute Gasteiger partial charge is 0.467 e. The molecule has 6 nitrogen and oxygen atoms in total. The van der Waals surface area contributed by atoms with E-state index < -0.39 is 0 Å². The molecular weight excluding hydrogens is 298 g/mol. The van der Waals surface area contributed by atoms with Gasteiger partial charge in [0.1, 0.15) is 0 Å². The van der Waals surface area contributed by atoms with Crippen molar-refractivity contribution in [3.8, 4) is 6.01 Å². The minimum atomic E-state index is 0.107. The zero-order chi connectivity index (χ0) is 13.1.